The average molecular weight is 358 g/mol. The number of ether oxygens (including phenoxy) is 1. The minimum absolute atomic E-state index is 0.00776. The number of hydrogen-bond acceptors (Lipinski definition) is 6. The van der Waals surface area contributed by atoms with Crippen LogP contribution < -0.4 is 0 Å². The van der Waals surface area contributed by atoms with Gasteiger partial charge in [0.1, 0.15) is 30.5 Å². The number of benzene rings is 2. The van der Waals surface area contributed by atoms with Crippen molar-refractivity contribution in [3.05, 3.63) is 59.7 Å². The molecule has 2 aromatic carbocycles. The van der Waals surface area contributed by atoms with Crippen LogP contribution in [0.2, 0.25) is 0 Å². The highest BCUT2D eigenvalue weighted by atomic mass is 16.5. The van der Waals surface area contributed by atoms with E-state index in [1.807, 2.05) is 24.3 Å². The maximum Gasteiger partial charge on any atom is 0.159 e. The predicted octanol–water partition coefficient (Wildman–Crippen LogP) is 1.07. The number of rotatable bonds is 4. The van der Waals surface area contributed by atoms with E-state index in [4.69, 9.17) is 4.74 Å². The second-order valence-corrected chi connectivity index (χ2v) is 6.51. The highest BCUT2D eigenvalue weighted by molar-refractivity contribution is 5.94. The van der Waals surface area contributed by atoms with E-state index in [0.717, 1.165) is 11.1 Å². The standard InChI is InChI=1S/C20H22O6/c1-11(22)12-5-7-13(8-6-12)14-3-2-4-15(9-14)20-19(25)18(24)17(23)16(10-21)26-20/h2-9,16-21,23-25H,10H2,1H3/t16-,17-,18+,19+,20-/m1/s1. The van der Waals surface area contributed by atoms with Crippen molar-refractivity contribution < 1.29 is 30.0 Å². The average Bonchev–Trinajstić information content (AvgIpc) is 2.66. The second-order valence-electron chi connectivity index (χ2n) is 6.51. The van der Waals surface area contributed by atoms with Gasteiger partial charge in [0.25, 0.3) is 0 Å². The molecule has 6 heteroatoms. The van der Waals surface area contributed by atoms with E-state index in [2.05, 4.69) is 0 Å². The topological polar surface area (TPSA) is 107 Å². The lowest BCUT2D eigenvalue weighted by atomic mass is 9.90. The van der Waals surface area contributed by atoms with Gasteiger partial charge in [0, 0.05) is 5.56 Å². The molecule has 6 nitrogen and oxygen atoms in total. The zero-order chi connectivity index (χ0) is 18.8. The van der Waals surface area contributed by atoms with Crippen LogP contribution in [0, 0.1) is 0 Å². The summed E-state index contributed by atoms with van der Waals surface area (Å²) in [6.07, 6.45) is -5.93. The molecule has 3 rings (SSSR count). The number of ketones is 1. The van der Waals surface area contributed by atoms with Crippen LogP contribution in [0.3, 0.4) is 0 Å². The van der Waals surface area contributed by atoms with Crippen molar-refractivity contribution >= 4 is 5.78 Å². The summed E-state index contributed by atoms with van der Waals surface area (Å²) in [4.78, 5) is 11.4. The van der Waals surface area contributed by atoms with E-state index >= 15 is 0 Å². The molecule has 2 aromatic rings. The van der Waals surface area contributed by atoms with Crippen LogP contribution in [-0.4, -0.2) is 57.2 Å². The lowest BCUT2D eigenvalue weighted by molar-refractivity contribution is -0.231. The predicted molar refractivity (Wildman–Crippen MR) is 94.6 cm³/mol. The van der Waals surface area contributed by atoms with Crippen LogP contribution in [0.15, 0.2) is 48.5 Å². The first-order valence-electron chi connectivity index (χ1n) is 8.44. The Hall–Kier alpha value is -2.09. The zero-order valence-corrected chi connectivity index (χ0v) is 14.3. The van der Waals surface area contributed by atoms with Crippen molar-refractivity contribution in [2.75, 3.05) is 6.61 Å². The van der Waals surface area contributed by atoms with Gasteiger partial charge >= 0.3 is 0 Å². The first-order valence-corrected chi connectivity index (χ1v) is 8.44. The van der Waals surface area contributed by atoms with Crippen molar-refractivity contribution in [1.82, 2.24) is 0 Å². The zero-order valence-electron chi connectivity index (χ0n) is 14.3. The van der Waals surface area contributed by atoms with Crippen LogP contribution in [-0.2, 0) is 4.74 Å². The molecule has 0 radical (unpaired) electrons. The smallest absolute Gasteiger partial charge is 0.159 e. The Morgan fingerprint density at radius 2 is 1.65 bits per heavy atom. The molecule has 0 aromatic heterocycles. The summed E-state index contributed by atoms with van der Waals surface area (Å²) in [7, 11) is 0. The van der Waals surface area contributed by atoms with Gasteiger partial charge in [-0.1, -0.05) is 42.5 Å². The lowest BCUT2D eigenvalue weighted by Gasteiger charge is -2.40. The minimum Gasteiger partial charge on any atom is -0.394 e. The maximum absolute atomic E-state index is 11.4. The third-order valence-electron chi connectivity index (χ3n) is 4.73. The molecule has 0 spiro atoms. The molecule has 0 saturated carbocycles. The third-order valence-corrected chi connectivity index (χ3v) is 4.73. The SMILES string of the molecule is CC(=O)c1ccc(-c2cccc([C@H]3O[C@H](CO)[C@@H](O)[C@H](O)[C@@H]3O)c2)cc1. The fourth-order valence-electron chi connectivity index (χ4n) is 3.17. The Morgan fingerprint density at radius 1 is 0.962 bits per heavy atom. The van der Waals surface area contributed by atoms with Crippen LogP contribution in [0.4, 0.5) is 0 Å². The summed E-state index contributed by atoms with van der Waals surface area (Å²) < 4.78 is 5.60. The Labute approximate surface area is 151 Å². The summed E-state index contributed by atoms with van der Waals surface area (Å²) in [5.74, 6) is -0.00776. The van der Waals surface area contributed by atoms with Gasteiger partial charge in [-0.2, -0.15) is 0 Å². The maximum atomic E-state index is 11.4. The molecule has 0 unspecified atom stereocenters. The van der Waals surface area contributed by atoms with E-state index < -0.39 is 37.1 Å². The molecule has 1 fully saturated rings. The molecule has 1 aliphatic rings. The number of carbonyl (C=O) groups excluding carboxylic acids is 1. The molecular weight excluding hydrogens is 336 g/mol. The molecule has 0 aliphatic carbocycles. The highest BCUT2D eigenvalue weighted by Gasteiger charge is 2.43. The number of Topliss-reactive ketones (excluding diaryl/α,β-unsaturated/α-hetero) is 1. The van der Waals surface area contributed by atoms with Crippen LogP contribution in [0.5, 0.6) is 0 Å². The van der Waals surface area contributed by atoms with Gasteiger partial charge in [-0.3, -0.25) is 4.79 Å². The summed E-state index contributed by atoms with van der Waals surface area (Å²) in [6, 6.07) is 14.4. The van der Waals surface area contributed by atoms with Gasteiger partial charge in [0.05, 0.1) is 6.61 Å². The molecule has 1 aliphatic heterocycles. The Bertz CT molecular complexity index is 770. The second kappa shape index (κ2) is 7.65. The largest absolute Gasteiger partial charge is 0.394 e. The monoisotopic (exact) mass is 358 g/mol. The molecule has 26 heavy (non-hydrogen) atoms. The van der Waals surface area contributed by atoms with E-state index in [9.17, 15) is 25.2 Å². The van der Waals surface area contributed by atoms with E-state index in [1.165, 1.54) is 6.92 Å². The van der Waals surface area contributed by atoms with Crippen LogP contribution >= 0.6 is 0 Å². The molecule has 4 N–H and O–H groups in total. The van der Waals surface area contributed by atoms with Gasteiger partial charge in [-0.25, -0.2) is 0 Å². The third kappa shape index (κ3) is 3.56. The first kappa shape index (κ1) is 18.7. The molecule has 1 saturated heterocycles. The van der Waals surface area contributed by atoms with Crippen molar-refractivity contribution in [2.24, 2.45) is 0 Å². The fraction of sp³-hybridized carbons (Fsp3) is 0.350. The number of aliphatic hydroxyl groups is 4. The van der Waals surface area contributed by atoms with Crippen LogP contribution in [0.25, 0.3) is 11.1 Å². The summed E-state index contributed by atoms with van der Waals surface area (Å²) >= 11 is 0. The van der Waals surface area contributed by atoms with Gasteiger partial charge in [0.2, 0.25) is 0 Å². The molecule has 138 valence electrons. The first-order chi connectivity index (χ1) is 12.4. The Morgan fingerprint density at radius 3 is 2.27 bits per heavy atom. The van der Waals surface area contributed by atoms with Crippen molar-refractivity contribution in [3.8, 4) is 11.1 Å². The number of carbonyl (C=O) groups is 1. The fourth-order valence-corrected chi connectivity index (χ4v) is 3.17. The molecule has 1 heterocycles. The highest BCUT2D eigenvalue weighted by Crippen LogP contribution is 2.34. The number of aliphatic hydroxyl groups excluding tert-OH is 4. The van der Waals surface area contributed by atoms with Gasteiger partial charge in [-0.05, 0) is 29.7 Å². The summed E-state index contributed by atoms with van der Waals surface area (Å²) in [5.41, 5.74) is 2.99. The van der Waals surface area contributed by atoms with Gasteiger partial charge < -0.3 is 25.2 Å². The van der Waals surface area contributed by atoms with Crippen molar-refractivity contribution in [1.29, 1.82) is 0 Å². The van der Waals surface area contributed by atoms with Crippen molar-refractivity contribution in [3.63, 3.8) is 0 Å². The van der Waals surface area contributed by atoms with Gasteiger partial charge in [-0.15, -0.1) is 0 Å². The molecular formula is C20H22O6. The normalized spacial score (nSPS) is 28.7. The van der Waals surface area contributed by atoms with Gasteiger partial charge in [0.15, 0.2) is 5.78 Å². The molecule has 0 bridgehead atoms. The summed E-state index contributed by atoms with van der Waals surface area (Å²) in [5, 5.41) is 39.5. The lowest BCUT2D eigenvalue weighted by Crippen LogP contribution is -2.55. The quantitative estimate of drug-likeness (QED) is 0.609. The van der Waals surface area contributed by atoms with E-state index in [-0.39, 0.29) is 5.78 Å². The Kier molecular flexibility index (Phi) is 5.50. The molecule has 0 amide bonds. The van der Waals surface area contributed by atoms with E-state index in [0.29, 0.717) is 11.1 Å². The Balaban J connectivity index is 1.90. The number of hydrogen-bond donors (Lipinski definition) is 4. The molecule has 5 atom stereocenters. The minimum atomic E-state index is -1.41. The van der Waals surface area contributed by atoms with Crippen molar-refractivity contribution in [2.45, 2.75) is 37.4 Å². The summed E-state index contributed by atoms with van der Waals surface area (Å²) in [6.45, 7) is 1.04. The van der Waals surface area contributed by atoms with Crippen LogP contribution in [0.1, 0.15) is 28.9 Å². The van der Waals surface area contributed by atoms with E-state index in [1.54, 1.807) is 24.3 Å².